The van der Waals surface area contributed by atoms with E-state index in [1.54, 1.807) is 12.5 Å². The van der Waals surface area contributed by atoms with Crippen molar-refractivity contribution in [1.82, 2.24) is 9.55 Å². The molecule has 0 saturated heterocycles. The quantitative estimate of drug-likeness (QED) is 0.495. The number of fused-ring (bicyclic) bond motifs is 3. The second-order valence-electron chi connectivity index (χ2n) is 6.25. The van der Waals surface area contributed by atoms with Crippen molar-refractivity contribution >= 4 is 33.5 Å². The Morgan fingerprint density at radius 2 is 1.81 bits per heavy atom. The molecule has 5 heteroatoms. The van der Waals surface area contributed by atoms with Crippen LogP contribution < -0.4 is 5.32 Å². The van der Waals surface area contributed by atoms with Crippen LogP contribution in [-0.2, 0) is 0 Å². The van der Waals surface area contributed by atoms with Gasteiger partial charge in [0.15, 0.2) is 0 Å². The van der Waals surface area contributed by atoms with Gasteiger partial charge in [-0.25, -0.2) is 4.98 Å². The number of nitrogens with zero attached hydrogens (tertiary/aromatic N) is 2. The highest BCUT2D eigenvalue weighted by Crippen LogP contribution is 2.31. The van der Waals surface area contributed by atoms with Crippen LogP contribution in [0.1, 0.15) is 10.4 Å². The molecule has 0 aliphatic carbocycles. The summed E-state index contributed by atoms with van der Waals surface area (Å²) >= 11 is 0. The summed E-state index contributed by atoms with van der Waals surface area (Å²) in [7, 11) is 0. The fourth-order valence-corrected chi connectivity index (χ4v) is 3.32. The molecule has 1 N–H and O–H groups in total. The number of nitrogens with one attached hydrogen (secondary N) is 1. The van der Waals surface area contributed by atoms with Crippen LogP contribution >= 0.6 is 0 Å². The van der Waals surface area contributed by atoms with E-state index in [0.717, 1.165) is 27.7 Å². The Bertz CT molecular complexity index is 1270. The molecule has 130 valence electrons. The average molecular weight is 353 g/mol. The van der Waals surface area contributed by atoms with Gasteiger partial charge in [-0.1, -0.05) is 30.3 Å². The molecule has 0 unspecified atom stereocenters. The summed E-state index contributed by atoms with van der Waals surface area (Å²) < 4.78 is 7.76. The molecule has 0 aliphatic heterocycles. The molecule has 0 fully saturated rings. The number of rotatable bonds is 3. The summed E-state index contributed by atoms with van der Waals surface area (Å²) in [6.07, 6.45) is 5.30. The summed E-state index contributed by atoms with van der Waals surface area (Å²) in [4.78, 5) is 17.1. The van der Waals surface area contributed by atoms with E-state index in [0.29, 0.717) is 11.1 Å². The van der Waals surface area contributed by atoms with E-state index in [1.807, 2.05) is 77.5 Å². The van der Waals surface area contributed by atoms with Gasteiger partial charge in [-0.05, 0) is 36.4 Å². The molecular weight excluding hydrogens is 338 g/mol. The molecule has 0 aliphatic rings. The third-order valence-electron chi connectivity index (χ3n) is 4.55. The smallest absolute Gasteiger partial charge is 0.256 e. The van der Waals surface area contributed by atoms with Crippen LogP contribution in [0.3, 0.4) is 0 Å². The van der Waals surface area contributed by atoms with Crippen LogP contribution in [-0.4, -0.2) is 15.5 Å². The van der Waals surface area contributed by atoms with Crippen LogP contribution in [0.5, 0.6) is 0 Å². The normalized spacial score (nSPS) is 11.1. The second-order valence-corrected chi connectivity index (χ2v) is 6.25. The summed E-state index contributed by atoms with van der Waals surface area (Å²) in [5, 5.41) is 4.76. The van der Waals surface area contributed by atoms with Gasteiger partial charge in [-0.15, -0.1) is 0 Å². The lowest BCUT2D eigenvalue weighted by molar-refractivity contribution is 0.102. The highest BCUT2D eigenvalue weighted by Gasteiger charge is 2.16. The van der Waals surface area contributed by atoms with Gasteiger partial charge < -0.3 is 14.3 Å². The van der Waals surface area contributed by atoms with Crippen molar-refractivity contribution in [2.24, 2.45) is 0 Å². The Morgan fingerprint density at radius 1 is 0.963 bits per heavy atom. The van der Waals surface area contributed by atoms with Gasteiger partial charge in [0.2, 0.25) is 0 Å². The van der Waals surface area contributed by atoms with Gasteiger partial charge in [0.1, 0.15) is 11.2 Å². The first-order valence-corrected chi connectivity index (χ1v) is 8.59. The Kier molecular flexibility index (Phi) is 3.50. The van der Waals surface area contributed by atoms with Crippen molar-refractivity contribution in [2.45, 2.75) is 0 Å². The minimum Gasteiger partial charge on any atom is -0.456 e. The number of hydrogen-bond acceptors (Lipinski definition) is 3. The molecule has 5 nitrogen and oxygen atoms in total. The van der Waals surface area contributed by atoms with E-state index < -0.39 is 0 Å². The van der Waals surface area contributed by atoms with Crippen molar-refractivity contribution in [3.05, 3.63) is 91.0 Å². The van der Waals surface area contributed by atoms with E-state index in [4.69, 9.17) is 4.42 Å². The van der Waals surface area contributed by atoms with E-state index >= 15 is 0 Å². The van der Waals surface area contributed by atoms with Crippen LogP contribution in [0.15, 0.2) is 89.9 Å². The predicted molar refractivity (Wildman–Crippen MR) is 105 cm³/mol. The van der Waals surface area contributed by atoms with Crippen molar-refractivity contribution in [3.63, 3.8) is 0 Å². The van der Waals surface area contributed by atoms with Crippen LogP contribution in [0.2, 0.25) is 0 Å². The monoisotopic (exact) mass is 353 g/mol. The first kappa shape index (κ1) is 15.4. The lowest BCUT2D eigenvalue weighted by Crippen LogP contribution is -2.12. The summed E-state index contributed by atoms with van der Waals surface area (Å²) in [5.74, 6) is -0.171. The Morgan fingerprint density at radius 3 is 2.70 bits per heavy atom. The van der Waals surface area contributed by atoms with E-state index in [1.165, 1.54) is 0 Å². The number of amides is 1. The predicted octanol–water partition coefficient (Wildman–Crippen LogP) is 5.02. The summed E-state index contributed by atoms with van der Waals surface area (Å²) in [6.45, 7) is 0. The third kappa shape index (κ3) is 2.66. The van der Waals surface area contributed by atoms with Crippen molar-refractivity contribution < 1.29 is 9.21 Å². The minimum atomic E-state index is -0.171. The molecule has 1 amide bonds. The van der Waals surface area contributed by atoms with Gasteiger partial charge >= 0.3 is 0 Å². The molecule has 0 radical (unpaired) electrons. The van der Waals surface area contributed by atoms with Gasteiger partial charge in [0, 0.05) is 34.5 Å². The maximum absolute atomic E-state index is 13.0. The number of anilines is 1. The maximum atomic E-state index is 13.0. The molecular formula is C22H15N3O2. The van der Waals surface area contributed by atoms with Crippen LogP contribution in [0.4, 0.5) is 5.69 Å². The second kappa shape index (κ2) is 6.14. The zero-order valence-corrected chi connectivity index (χ0v) is 14.3. The highest BCUT2D eigenvalue weighted by molar-refractivity contribution is 6.19. The molecule has 2 aromatic heterocycles. The third-order valence-corrected chi connectivity index (χ3v) is 4.55. The molecule has 5 aromatic rings. The average Bonchev–Trinajstić information content (AvgIpc) is 3.36. The number of para-hydroxylation sites is 1. The zero-order chi connectivity index (χ0) is 18.2. The number of benzene rings is 3. The number of hydrogen-bond donors (Lipinski definition) is 1. The topological polar surface area (TPSA) is 60.1 Å². The molecule has 0 spiro atoms. The van der Waals surface area contributed by atoms with E-state index in [9.17, 15) is 4.79 Å². The molecule has 0 bridgehead atoms. The highest BCUT2D eigenvalue weighted by atomic mass is 16.3. The fourth-order valence-electron chi connectivity index (χ4n) is 3.32. The van der Waals surface area contributed by atoms with Gasteiger partial charge in [0.25, 0.3) is 5.91 Å². The standard InChI is InChI=1S/C22H15N3O2/c26-22(24-15-5-3-6-16(13-15)25-12-11-23-14-25)18-8-4-10-20-21(18)17-7-1-2-9-19(17)27-20/h1-14H,(H,24,26). The molecule has 2 heterocycles. The first-order valence-electron chi connectivity index (χ1n) is 8.59. The first-order chi connectivity index (χ1) is 13.3. The minimum absolute atomic E-state index is 0.171. The Hall–Kier alpha value is -3.86. The van der Waals surface area contributed by atoms with Crippen LogP contribution in [0, 0.1) is 0 Å². The molecule has 3 aromatic carbocycles. The number of furan rings is 1. The number of imidazole rings is 1. The van der Waals surface area contributed by atoms with Crippen molar-refractivity contribution in [1.29, 1.82) is 0 Å². The number of carbonyl (C=O) groups is 1. The van der Waals surface area contributed by atoms with Gasteiger partial charge in [-0.2, -0.15) is 0 Å². The molecule has 0 saturated carbocycles. The maximum Gasteiger partial charge on any atom is 0.256 e. The van der Waals surface area contributed by atoms with Crippen molar-refractivity contribution in [3.8, 4) is 5.69 Å². The number of carbonyl (C=O) groups excluding carboxylic acids is 1. The van der Waals surface area contributed by atoms with Gasteiger partial charge in [-0.3, -0.25) is 4.79 Å². The van der Waals surface area contributed by atoms with Gasteiger partial charge in [0.05, 0.1) is 11.9 Å². The Balaban J connectivity index is 1.54. The zero-order valence-electron chi connectivity index (χ0n) is 14.3. The number of aromatic nitrogens is 2. The molecule has 27 heavy (non-hydrogen) atoms. The molecule has 0 atom stereocenters. The SMILES string of the molecule is O=C(Nc1cccc(-n2ccnc2)c1)c1cccc2oc3ccccc3c12. The largest absolute Gasteiger partial charge is 0.456 e. The summed E-state index contributed by atoms with van der Waals surface area (Å²) in [6, 6.07) is 20.9. The summed E-state index contributed by atoms with van der Waals surface area (Å²) in [5.41, 5.74) is 3.71. The lowest BCUT2D eigenvalue weighted by Gasteiger charge is -2.09. The van der Waals surface area contributed by atoms with E-state index in [2.05, 4.69) is 10.3 Å². The lowest BCUT2D eigenvalue weighted by atomic mass is 10.1. The fraction of sp³-hybridized carbons (Fsp3) is 0. The van der Waals surface area contributed by atoms with E-state index in [-0.39, 0.29) is 5.91 Å². The van der Waals surface area contributed by atoms with Crippen molar-refractivity contribution in [2.75, 3.05) is 5.32 Å². The Labute approximate surface area is 154 Å². The molecule has 5 rings (SSSR count). The van der Waals surface area contributed by atoms with Crippen LogP contribution in [0.25, 0.3) is 27.6 Å².